The third-order valence-corrected chi connectivity index (χ3v) is 3.28. The molecule has 0 saturated heterocycles. The Balaban J connectivity index is 1.80. The Hall–Kier alpha value is -1.38. The fourth-order valence-corrected chi connectivity index (χ4v) is 2.32. The van der Waals surface area contributed by atoms with Gasteiger partial charge in [-0.15, -0.1) is 0 Å². The first-order valence-electron chi connectivity index (χ1n) is 6.44. The molecule has 3 nitrogen and oxygen atoms in total. The second-order valence-electron chi connectivity index (χ2n) is 4.85. The summed E-state index contributed by atoms with van der Waals surface area (Å²) in [4.78, 5) is 11.8. The van der Waals surface area contributed by atoms with Gasteiger partial charge in [-0.3, -0.25) is 9.48 Å². The summed E-state index contributed by atoms with van der Waals surface area (Å²) in [6, 6.07) is 0. The monoisotopic (exact) mass is 232 g/mol. The maximum absolute atomic E-state index is 11.8. The van der Waals surface area contributed by atoms with Gasteiger partial charge in [0.1, 0.15) is 0 Å². The van der Waals surface area contributed by atoms with Crippen molar-refractivity contribution in [2.45, 2.75) is 44.9 Å². The molecule has 0 aromatic carbocycles. The number of rotatable bonds is 4. The quantitative estimate of drug-likeness (QED) is 0.748. The van der Waals surface area contributed by atoms with Crippen LogP contribution in [0.25, 0.3) is 0 Å². The van der Waals surface area contributed by atoms with Crippen LogP contribution in [0.2, 0.25) is 0 Å². The van der Waals surface area contributed by atoms with Gasteiger partial charge < -0.3 is 0 Å². The van der Waals surface area contributed by atoms with E-state index in [0.717, 1.165) is 24.8 Å². The van der Waals surface area contributed by atoms with E-state index in [1.807, 2.05) is 25.5 Å². The molecule has 0 amide bonds. The van der Waals surface area contributed by atoms with E-state index in [1.165, 1.54) is 24.8 Å². The Kier molecular flexibility index (Phi) is 4.13. The summed E-state index contributed by atoms with van der Waals surface area (Å²) < 4.78 is 1.78. The van der Waals surface area contributed by atoms with Gasteiger partial charge in [-0.25, -0.2) is 0 Å². The molecule has 1 aromatic heterocycles. The number of aryl methyl sites for hydroxylation is 2. The predicted octanol–water partition coefficient (Wildman–Crippen LogP) is 2.81. The summed E-state index contributed by atoms with van der Waals surface area (Å²) in [6.07, 6.45) is 13.2. The van der Waals surface area contributed by atoms with Crippen molar-refractivity contribution in [3.8, 4) is 0 Å². The molecular weight excluding hydrogens is 212 g/mol. The number of nitrogens with zero attached hydrogens (tertiary/aromatic N) is 2. The predicted molar refractivity (Wildman–Crippen MR) is 67.7 cm³/mol. The van der Waals surface area contributed by atoms with Crippen LogP contribution < -0.4 is 0 Å². The van der Waals surface area contributed by atoms with Gasteiger partial charge >= 0.3 is 0 Å². The third-order valence-electron chi connectivity index (χ3n) is 3.28. The number of ketones is 1. The summed E-state index contributed by atoms with van der Waals surface area (Å²) in [5, 5.41) is 4.10. The van der Waals surface area contributed by atoms with Gasteiger partial charge in [-0.05, 0) is 43.7 Å². The fraction of sp³-hybridized carbons (Fsp3) is 0.571. The van der Waals surface area contributed by atoms with Gasteiger partial charge in [0.15, 0.2) is 5.78 Å². The Morgan fingerprint density at radius 3 is 2.82 bits per heavy atom. The van der Waals surface area contributed by atoms with E-state index in [1.54, 1.807) is 4.68 Å². The van der Waals surface area contributed by atoms with E-state index in [4.69, 9.17) is 0 Å². The minimum Gasteiger partial charge on any atom is -0.295 e. The molecule has 1 aromatic rings. The van der Waals surface area contributed by atoms with Gasteiger partial charge in [0.25, 0.3) is 0 Å². The first kappa shape index (κ1) is 12.1. The molecule has 1 aliphatic carbocycles. The molecule has 1 fully saturated rings. The minimum atomic E-state index is 0.269. The molecule has 0 N–H and O–H groups in total. The molecule has 1 heterocycles. The largest absolute Gasteiger partial charge is 0.295 e. The minimum absolute atomic E-state index is 0.269. The first-order chi connectivity index (χ1) is 8.24. The summed E-state index contributed by atoms with van der Waals surface area (Å²) >= 11 is 0. The highest BCUT2D eigenvalue weighted by Gasteiger charge is 2.08. The summed E-state index contributed by atoms with van der Waals surface area (Å²) in [6.45, 7) is 0. The zero-order valence-corrected chi connectivity index (χ0v) is 10.5. The first-order valence-corrected chi connectivity index (χ1v) is 6.44. The second kappa shape index (κ2) is 5.80. The van der Waals surface area contributed by atoms with Crippen molar-refractivity contribution in [2.75, 3.05) is 0 Å². The van der Waals surface area contributed by atoms with Crippen LogP contribution in [0.4, 0.5) is 0 Å². The molecule has 0 bridgehead atoms. The Morgan fingerprint density at radius 1 is 1.41 bits per heavy atom. The van der Waals surface area contributed by atoms with Gasteiger partial charge in [-0.1, -0.05) is 12.0 Å². The number of carbonyl (C=O) groups is 1. The number of aromatic nitrogens is 2. The average Bonchev–Trinajstić information content (AvgIpc) is 2.74. The van der Waals surface area contributed by atoms with Gasteiger partial charge in [0.2, 0.25) is 0 Å². The molecule has 0 spiro atoms. The number of hydrogen-bond donors (Lipinski definition) is 0. The Bertz CT molecular complexity index is 410. The molecular formula is C14H20N2O. The molecule has 0 atom stereocenters. The standard InChI is InChI=1S/C14H20N2O/c1-16-11-13(10-15-16)7-8-14(17)9-12-5-3-2-4-6-12/h9-11H,2-8H2,1H3. The second-order valence-corrected chi connectivity index (χ2v) is 4.85. The van der Waals surface area contributed by atoms with Gasteiger partial charge in [-0.2, -0.15) is 5.10 Å². The molecule has 17 heavy (non-hydrogen) atoms. The summed E-state index contributed by atoms with van der Waals surface area (Å²) in [5.41, 5.74) is 2.50. The molecule has 0 unspecified atom stereocenters. The average molecular weight is 232 g/mol. The van der Waals surface area contributed by atoms with E-state index in [0.29, 0.717) is 6.42 Å². The summed E-state index contributed by atoms with van der Waals surface area (Å²) in [7, 11) is 1.90. The Morgan fingerprint density at radius 2 is 2.18 bits per heavy atom. The lowest BCUT2D eigenvalue weighted by atomic mass is 9.93. The number of hydrogen-bond acceptors (Lipinski definition) is 2. The molecule has 0 radical (unpaired) electrons. The van der Waals surface area contributed by atoms with E-state index >= 15 is 0 Å². The van der Waals surface area contributed by atoms with Gasteiger partial charge in [0.05, 0.1) is 6.20 Å². The lowest BCUT2D eigenvalue weighted by molar-refractivity contribution is -0.114. The van der Waals surface area contributed by atoms with Crippen LogP contribution in [-0.2, 0) is 18.3 Å². The van der Waals surface area contributed by atoms with Crippen molar-refractivity contribution in [1.29, 1.82) is 0 Å². The van der Waals surface area contributed by atoms with Crippen LogP contribution in [0.1, 0.15) is 44.1 Å². The van der Waals surface area contributed by atoms with Crippen LogP contribution in [0.5, 0.6) is 0 Å². The van der Waals surface area contributed by atoms with Crippen LogP contribution in [0, 0.1) is 0 Å². The number of allylic oxidation sites excluding steroid dienone is 2. The highest BCUT2D eigenvalue weighted by Crippen LogP contribution is 2.22. The Labute approximate surface area is 103 Å². The van der Waals surface area contributed by atoms with Crippen molar-refractivity contribution in [3.63, 3.8) is 0 Å². The van der Waals surface area contributed by atoms with Crippen LogP contribution in [0.15, 0.2) is 24.0 Å². The fourth-order valence-electron chi connectivity index (χ4n) is 2.32. The molecule has 3 heteroatoms. The van der Waals surface area contributed by atoms with E-state index < -0.39 is 0 Å². The molecule has 2 rings (SSSR count). The lowest BCUT2D eigenvalue weighted by Gasteiger charge is -2.12. The number of carbonyl (C=O) groups excluding carboxylic acids is 1. The normalized spacial score (nSPS) is 15.9. The molecule has 1 aliphatic rings. The van der Waals surface area contributed by atoms with Crippen LogP contribution in [-0.4, -0.2) is 15.6 Å². The van der Waals surface area contributed by atoms with Crippen molar-refractivity contribution < 1.29 is 4.79 Å². The lowest BCUT2D eigenvalue weighted by Crippen LogP contribution is -2.00. The maximum atomic E-state index is 11.8. The third kappa shape index (κ3) is 3.84. The smallest absolute Gasteiger partial charge is 0.155 e. The zero-order valence-electron chi connectivity index (χ0n) is 10.5. The molecule has 0 aliphatic heterocycles. The molecule has 1 saturated carbocycles. The van der Waals surface area contributed by atoms with Crippen LogP contribution >= 0.6 is 0 Å². The van der Waals surface area contributed by atoms with Crippen molar-refractivity contribution in [3.05, 3.63) is 29.6 Å². The van der Waals surface area contributed by atoms with Gasteiger partial charge in [0, 0.05) is 19.7 Å². The molecule has 92 valence electrons. The SMILES string of the molecule is Cn1cc(CCC(=O)C=C2CCCCC2)cn1. The summed E-state index contributed by atoms with van der Waals surface area (Å²) in [5.74, 6) is 0.269. The van der Waals surface area contributed by atoms with Crippen molar-refractivity contribution in [1.82, 2.24) is 9.78 Å². The van der Waals surface area contributed by atoms with E-state index in [2.05, 4.69) is 5.10 Å². The van der Waals surface area contributed by atoms with E-state index in [9.17, 15) is 4.79 Å². The van der Waals surface area contributed by atoms with Crippen molar-refractivity contribution in [2.24, 2.45) is 7.05 Å². The van der Waals surface area contributed by atoms with Crippen molar-refractivity contribution >= 4 is 5.78 Å². The maximum Gasteiger partial charge on any atom is 0.155 e. The zero-order chi connectivity index (χ0) is 12.1. The van der Waals surface area contributed by atoms with Crippen LogP contribution in [0.3, 0.4) is 0 Å². The van der Waals surface area contributed by atoms with E-state index in [-0.39, 0.29) is 5.78 Å². The highest BCUT2D eigenvalue weighted by atomic mass is 16.1. The topological polar surface area (TPSA) is 34.9 Å². The highest BCUT2D eigenvalue weighted by molar-refractivity contribution is 5.90.